The maximum Gasteiger partial charge on any atom is 0.490 e. The predicted molar refractivity (Wildman–Crippen MR) is 127 cm³/mol. The zero-order chi connectivity index (χ0) is 27.7. The molecule has 1 unspecified atom stereocenters. The van der Waals surface area contributed by atoms with Crippen LogP contribution in [0.4, 0.5) is 23.9 Å². The number of carboxylic acids is 1. The number of nitrogens with one attached hydrogen (secondary N) is 2. The number of anilines is 1. The lowest BCUT2D eigenvalue weighted by Crippen LogP contribution is -2.44. The van der Waals surface area contributed by atoms with Gasteiger partial charge in [-0.1, -0.05) is 24.3 Å². The van der Waals surface area contributed by atoms with Gasteiger partial charge in [-0.05, 0) is 18.2 Å². The summed E-state index contributed by atoms with van der Waals surface area (Å²) in [7, 11) is 1.26. The van der Waals surface area contributed by atoms with Gasteiger partial charge in [0.15, 0.2) is 5.72 Å². The van der Waals surface area contributed by atoms with Crippen molar-refractivity contribution in [2.75, 3.05) is 12.4 Å². The molecule has 1 aliphatic heterocycles. The van der Waals surface area contributed by atoms with Crippen LogP contribution in [0.2, 0.25) is 0 Å². The van der Waals surface area contributed by atoms with E-state index in [0.717, 1.165) is 0 Å². The summed E-state index contributed by atoms with van der Waals surface area (Å²) < 4.78 is 36.3. The van der Waals surface area contributed by atoms with Gasteiger partial charge < -0.3 is 19.9 Å². The summed E-state index contributed by atoms with van der Waals surface area (Å²) in [6.45, 7) is 0.165. The molecule has 0 bridgehead atoms. The molecule has 38 heavy (non-hydrogen) atoms. The number of halogens is 3. The molecule has 1 aliphatic rings. The minimum Gasteiger partial charge on any atom is -0.475 e. The summed E-state index contributed by atoms with van der Waals surface area (Å²) in [5.74, 6) is -2.81. The molecule has 15 heteroatoms. The van der Waals surface area contributed by atoms with Crippen molar-refractivity contribution in [3.63, 3.8) is 0 Å². The van der Waals surface area contributed by atoms with E-state index in [1.165, 1.54) is 23.3 Å². The molecule has 11 nitrogen and oxygen atoms in total. The molecule has 0 radical (unpaired) electrons. The average Bonchev–Trinajstić information content (AvgIpc) is 3.59. The number of hydrogen-bond donors (Lipinski definition) is 4. The summed E-state index contributed by atoms with van der Waals surface area (Å²) >= 11 is 1.42. The number of carboxylic acid groups (broad SMARTS) is 1. The molecule has 2 aromatic heterocycles. The van der Waals surface area contributed by atoms with Crippen LogP contribution < -0.4 is 5.32 Å². The van der Waals surface area contributed by atoms with Gasteiger partial charge in [0, 0.05) is 28.3 Å². The SMILES string of the molecule is COC(=O)Nc1nc2ccc(C3(O)c4ccccc4C(=O)N3Cc3nccs3)cc2[nH]1.O=C(O)C(F)(F)F. The Morgan fingerprint density at radius 1 is 1.24 bits per heavy atom. The van der Waals surface area contributed by atoms with E-state index in [1.54, 1.807) is 48.7 Å². The second-order valence-corrected chi connectivity index (χ2v) is 8.75. The van der Waals surface area contributed by atoms with Crippen LogP contribution in [0.25, 0.3) is 11.0 Å². The van der Waals surface area contributed by atoms with Crippen LogP contribution >= 0.6 is 11.3 Å². The number of imidazole rings is 1. The fourth-order valence-electron chi connectivity index (χ4n) is 3.81. The first-order valence-corrected chi connectivity index (χ1v) is 11.5. The van der Waals surface area contributed by atoms with Crippen LogP contribution in [-0.4, -0.2) is 61.3 Å². The first kappa shape index (κ1) is 26.6. The predicted octanol–water partition coefficient (Wildman–Crippen LogP) is 3.68. The standard InChI is InChI=1S/C21H17N5O4S.C2HF3O2/c1-30-20(28)25-19-23-15-7-6-12(10-16(15)24-19)21(29)14-5-3-2-4-13(14)18(27)26(21)11-17-22-8-9-31-17;3-2(4,5)1(6)7/h2-10,29H,11H2,1H3,(H2,23,24,25,28);(H,6,7). The number of carbonyl (C=O) groups excluding carboxylic acids is 2. The molecule has 0 fully saturated rings. The topological polar surface area (TPSA) is 158 Å². The Bertz CT molecular complexity index is 1510. The number of aliphatic hydroxyl groups is 1. The van der Waals surface area contributed by atoms with Gasteiger partial charge in [-0.2, -0.15) is 13.2 Å². The molecule has 198 valence electrons. The van der Waals surface area contributed by atoms with E-state index in [4.69, 9.17) is 9.90 Å². The highest BCUT2D eigenvalue weighted by Crippen LogP contribution is 2.43. The number of nitrogens with zero attached hydrogens (tertiary/aromatic N) is 3. The zero-order valence-electron chi connectivity index (χ0n) is 19.3. The third kappa shape index (κ3) is 5.01. The Kier molecular flexibility index (Phi) is 7.06. The summed E-state index contributed by atoms with van der Waals surface area (Å²) in [5.41, 5.74) is 0.922. The number of ether oxygens (including phenoxy) is 1. The van der Waals surface area contributed by atoms with Crippen LogP contribution in [-0.2, 0) is 21.8 Å². The van der Waals surface area contributed by atoms with E-state index in [1.807, 2.05) is 5.38 Å². The lowest BCUT2D eigenvalue weighted by molar-refractivity contribution is -0.192. The molecule has 2 amide bonds. The quantitative estimate of drug-likeness (QED) is 0.300. The maximum absolute atomic E-state index is 13.2. The van der Waals surface area contributed by atoms with Crippen molar-refractivity contribution in [1.29, 1.82) is 0 Å². The Morgan fingerprint density at radius 2 is 1.95 bits per heavy atom. The maximum atomic E-state index is 13.2. The van der Waals surface area contributed by atoms with Gasteiger partial charge in [-0.3, -0.25) is 15.0 Å². The first-order chi connectivity index (χ1) is 17.9. The Balaban J connectivity index is 0.000000426. The number of amides is 2. The number of benzene rings is 2. The van der Waals surface area contributed by atoms with Gasteiger partial charge in [0.25, 0.3) is 5.91 Å². The van der Waals surface area contributed by atoms with Crippen LogP contribution in [0.1, 0.15) is 26.5 Å². The highest BCUT2D eigenvalue weighted by molar-refractivity contribution is 7.09. The van der Waals surface area contributed by atoms with Crippen LogP contribution in [0, 0.1) is 0 Å². The van der Waals surface area contributed by atoms with Crippen LogP contribution in [0.15, 0.2) is 54.0 Å². The van der Waals surface area contributed by atoms with Crippen molar-refractivity contribution in [2.24, 2.45) is 0 Å². The average molecular weight is 549 g/mol. The van der Waals surface area contributed by atoms with Crippen LogP contribution in [0.5, 0.6) is 0 Å². The fraction of sp³-hybridized carbons (Fsp3) is 0.174. The van der Waals surface area contributed by atoms with Crippen LogP contribution in [0.3, 0.4) is 0 Å². The van der Waals surface area contributed by atoms with Crippen molar-refractivity contribution in [3.05, 3.63) is 75.7 Å². The minimum absolute atomic E-state index is 0.165. The smallest absolute Gasteiger partial charge is 0.475 e. The number of H-pyrrole nitrogens is 1. The van der Waals surface area contributed by atoms with Gasteiger partial charge >= 0.3 is 18.2 Å². The summed E-state index contributed by atoms with van der Waals surface area (Å²) in [5, 5.41) is 24.1. The second-order valence-electron chi connectivity index (χ2n) is 7.77. The van der Waals surface area contributed by atoms with E-state index in [-0.39, 0.29) is 18.4 Å². The second kappa shape index (κ2) is 10.1. The normalized spacial score (nSPS) is 16.6. The molecule has 0 spiro atoms. The van der Waals surface area contributed by atoms with E-state index in [9.17, 15) is 27.9 Å². The molecule has 2 aromatic carbocycles. The number of alkyl halides is 3. The van der Waals surface area contributed by atoms with Gasteiger partial charge in [-0.25, -0.2) is 19.6 Å². The number of aromatic nitrogens is 3. The third-order valence-corrected chi connectivity index (χ3v) is 6.24. The number of methoxy groups -OCH3 is 1. The van der Waals surface area contributed by atoms with Gasteiger partial charge in [0.1, 0.15) is 5.01 Å². The number of hydrogen-bond acceptors (Lipinski definition) is 8. The van der Waals surface area contributed by atoms with Gasteiger partial charge in [0.05, 0.1) is 24.7 Å². The molecule has 3 heterocycles. The number of thiazole rings is 1. The first-order valence-electron chi connectivity index (χ1n) is 10.6. The summed E-state index contributed by atoms with van der Waals surface area (Å²) in [4.78, 5) is 46.5. The fourth-order valence-corrected chi connectivity index (χ4v) is 4.41. The Morgan fingerprint density at radius 3 is 2.58 bits per heavy atom. The van der Waals surface area contributed by atoms with Crippen molar-refractivity contribution >= 4 is 46.3 Å². The molecular weight excluding hydrogens is 531 g/mol. The molecule has 4 N–H and O–H groups in total. The van der Waals surface area contributed by atoms with E-state index in [2.05, 4.69) is 25.0 Å². The number of rotatable bonds is 4. The monoisotopic (exact) mass is 549 g/mol. The van der Waals surface area contributed by atoms with Crippen molar-refractivity contribution in [2.45, 2.75) is 18.4 Å². The zero-order valence-corrected chi connectivity index (χ0v) is 20.1. The molecule has 5 rings (SSSR count). The molecule has 0 saturated heterocycles. The summed E-state index contributed by atoms with van der Waals surface area (Å²) in [6.07, 6.45) is -4.07. The molecule has 0 saturated carbocycles. The molecule has 0 aliphatic carbocycles. The van der Waals surface area contributed by atoms with Crippen molar-refractivity contribution < 1.29 is 42.5 Å². The van der Waals surface area contributed by atoms with Crippen molar-refractivity contribution in [1.82, 2.24) is 19.9 Å². The Hall–Kier alpha value is -4.50. The number of aromatic amines is 1. The van der Waals surface area contributed by atoms with Gasteiger partial charge in [-0.15, -0.1) is 11.3 Å². The van der Waals surface area contributed by atoms with E-state index < -0.39 is 24.0 Å². The minimum atomic E-state index is -5.08. The lowest BCUT2D eigenvalue weighted by atomic mass is 9.93. The molecular formula is C23H18F3N5O6S. The van der Waals surface area contributed by atoms with Gasteiger partial charge in [0.2, 0.25) is 5.95 Å². The summed E-state index contributed by atoms with van der Waals surface area (Å²) in [6, 6.07) is 12.2. The third-order valence-electron chi connectivity index (χ3n) is 5.48. The lowest BCUT2D eigenvalue weighted by Gasteiger charge is -2.34. The molecule has 1 atom stereocenters. The number of aliphatic carboxylic acids is 1. The van der Waals surface area contributed by atoms with E-state index >= 15 is 0 Å². The number of carbonyl (C=O) groups is 3. The highest BCUT2D eigenvalue weighted by atomic mass is 32.1. The van der Waals surface area contributed by atoms with Crippen molar-refractivity contribution in [3.8, 4) is 0 Å². The molecule has 4 aromatic rings. The number of fused-ring (bicyclic) bond motifs is 2. The van der Waals surface area contributed by atoms with E-state index in [0.29, 0.717) is 32.7 Å². The highest BCUT2D eigenvalue weighted by Gasteiger charge is 2.50. The largest absolute Gasteiger partial charge is 0.490 e. The Labute approximate surface area is 215 Å².